The van der Waals surface area contributed by atoms with Gasteiger partial charge in [-0.1, -0.05) is 0 Å². The Balaban J connectivity index is 2.45. The van der Waals surface area contributed by atoms with E-state index in [4.69, 9.17) is 10.5 Å². The van der Waals surface area contributed by atoms with Gasteiger partial charge < -0.3 is 10.5 Å². The Morgan fingerprint density at radius 3 is 2.57 bits per heavy atom. The number of halogens is 3. The zero-order valence-corrected chi connectivity index (χ0v) is 7.89. The lowest BCUT2D eigenvalue weighted by Crippen LogP contribution is -2.44. The molecule has 1 fully saturated rings. The van der Waals surface area contributed by atoms with E-state index in [1.165, 1.54) is 4.90 Å². The molecule has 1 saturated heterocycles. The molecule has 2 N–H and O–H groups in total. The molecule has 0 spiro atoms. The highest BCUT2D eigenvalue weighted by atomic mass is 19.4. The third-order valence-electron chi connectivity index (χ3n) is 2.22. The van der Waals surface area contributed by atoms with E-state index in [1.807, 2.05) is 0 Å². The lowest BCUT2D eigenvalue weighted by atomic mass is 10.2. The molecule has 3 nitrogen and oxygen atoms in total. The average Bonchev–Trinajstić information content (AvgIpc) is 2.52. The number of rotatable bonds is 4. The van der Waals surface area contributed by atoms with Crippen molar-refractivity contribution in [1.29, 1.82) is 0 Å². The Labute approximate surface area is 81.0 Å². The number of alkyl halides is 3. The van der Waals surface area contributed by atoms with Gasteiger partial charge >= 0.3 is 6.18 Å². The first-order valence-electron chi connectivity index (χ1n) is 4.61. The number of nitrogens with two attached hydrogens (primary N) is 1. The van der Waals surface area contributed by atoms with Crippen LogP contribution in [-0.4, -0.2) is 50.0 Å². The highest BCUT2D eigenvalue weighted by molar-refractivity contribution is 4.77. The van der Waals surface area contributed by atoms with Crippen LogP contribution in [0.15, 0.2) is 0 Å². The van der Waals surface area contributed by atoms with Crippen LogP contribution in [0.1, 0.15) is 6.42 Å². The standard InChI is InChI=1S/C8H15F3N2O/c9-8(10,11)6-13(3-2-12)7-1-4-14-5-7/h7H,1-6,12H2. The van der Waals surface area contributed by atoms with Gasteiger partial charge in [0.25, 0.3) is 0 Å². The lowest BCUT2D eigenvalue weighted by Gasteiger charge is -2.27. The molecule has 1 unspecified atom stereocenters. The maximum atomic E-state index is 12.2. The molecule has 6 heteroatoms. The van der Waals surface area contributed by atoms with Crippen molar-refractivity contribution < 1.29 is 17.9 Å². The second-order valence-corrected chi connectivity index (χ2v) is 3.39. The Morgan fingerprint density at radius 1 is 1.43 bits per heavy atom. The number of hydrogen-bond donors (Lipinski definition) is 1. The summed E-state index contributed by atoms with van der Waals surface area (Å²) in [4.78, 5) is 1.35. The van der Waals surface area contributed by atoms with Crippen LogP contribution in [-0.2, 0) is 4.74 Å². The summed E-state index contributed by atoms with van der Waals surface area (Å²) in [5.41, 5.74) is 5.27. The topological polar surface area (TPSA) is 38.5 Å². The SMILES string of the molecule is NCCN(CC(F)(F)F)C1CCOC1. The van der Waals surface area contributed by atoms with Crippen LogP contribution in [0.25, 0.3) is 0 Å². The van der Waals surface area contributed by atoms with Gasteiger partial charge in [0.05, 0.1) is 13.2 Å². The maximum absolute atomic E-state index is 12.2. The highest BCUT2D eigenvalue weighted by Crippen LogP contribution is 2.20. The second kappa shape index (κ2) is 4.95. The van der Waals surface area contributed by atoms with E-state index in [0.29, 0.717) is 19.6 Å². The third-order valence-corrected chi connectivity index (χ3v) is 2.22. The average molecular weight is 212 g/mol. The molecule has 0 radical (unpaired) electrons. The van der Waals surface area contributed by atoms with Gasteiger partial charge in [-0.25, -0.2) is 0 Å². The van der Waals surface area contributed by atoms with Gasteiger partial charge in [0.15, 0.2) is 0 Å². The van der Waals surface area contributed by atoms with Crippen LogP contribution >= 0.6 is 0 Å². The monoisotopic (exact) mass is 212 g/mol. The number of ether oxygens (including phenoxy) is 1. The Kier molecular flexibility index (Phi) is 4.15. The van der Waals surface area contributed by atoms with Crippen LogP contribution in [0, 0.1) is 0 Å². The number of nitrogens with zero attached hydrogens (tertiary/aromatic N) is 1. The minimum atomic E-state index is -4.15. The van der Waals surface area contributed by atoms with E-state index in [1.54, 1.807) is 0 Å². The summed E-state index contributed by atoms with van der Waals surface area (Å²) in [5, 5.41) is 0. The summed E-state index contributed by atoms with van der Waals surface area (Å²) in [6, 6.07) is -0.125. The molecule has 0 aliphatic carbocycles. The Morgan fingerprint density at radius 2 is 2.14 bits per heavy atom. The molecule has 0 aromatic rings. The molecule has 1 atom stereocenters. The molecule has 0 aromatic carbocycles. The van der Waals surface area contributed by atoms with Crippen LogP contribution in [0.5, 0.6) is 0 Å². The summed E-state index contributed by atoms with van der Waals surface area (Å²) in [6.07, 6.45) is -3.49. The molecule has 0 amide bonds. The van der Waals surface area contributed by atoms with Crippen molar-refractivity contribution in [3.05, 3.63) is 0 Å². The second-order valence-electron chi connectivity index (χ2n) is 3.39. The number of hydrogen-bond acceptors (Lipinski definition) is 3. The fourth-order valence-electron chi connectivity index (χ4n) is 1.60. The molecule has 1 aliphatic heterocycles. The molecular weight excluding hydrogens is 197 g/mol. The van der Waals surface area contributed by atoms with Crippen LogP contribution in [0.3, 0.4) is 0 Å². The van der Waals surface area contributed by atoms with Gasteiger partial charge in [-0.15, -0.1) is 0 Å². The Bertz CT molecular complexity index is 168. The van der Waals surface area contributed by atoms with Gasteiger partial charge in [-0.3, -0.25) is 4.90 Å². The Hall–Kier alpha value is -0.330. The summed E-state index contributed by atoms with van der Waals surface area (Å²) in [7, 11) is 0. The summed E-state index contributed by atoms with van der Waals surface area (Å²) in [6.45, 7) is 0.554. The van der Waals surface area contributed by atoms with Crippen molar-refractivity contribution >= 4 is 0 Å². The minimum Gasteiger partial charge on any atom is -0.380 e. The molecular formula is C8H15F3N2O. The van der Waals surface area contributed by atoms with Crippen LogP contribution in [0.4, 0.5) is 13.2 Å². The maximum Gasteiger partial charge on any atom is 0.401 e. The van der Waals surface area contributed by atoms with E-state index < -0.39 is 12.7 Å². The summed E-state index contributed by atoms with van der Waals surface area (Å²) in [5.74, 6) is 0. The molecule has 14 heavy (non-hydrogen) atoms. The van der Waals surface area contributed by atoms with Gasteiger partial charge in [0.2, 0.25) is 0 Å². The van der Waals surface area contributed by atoms with Crippen molar-refractivity contribution in [1.82, 2.24) is 4.90 Å². The molecule has 0 saturated carbocycles. The van der Waals surface area contributed by atoms with E-state index >= 15 is 0 Å². The van der Waals surface area contributed by atoms with Crippen molar-refractivity contribution in [2.45, 2.75) is 18.6 Å². The zero-order valence-electron chi connectivity index (χ0n) is 7.89. The molecule has 1 rings (SSSR count). The van der Waals surface area contributed by atoms with E-state index in [0.717, 1.165) is 0 Å². The minimum absolute atomic E-state index is 0.125. The summed E-state index contributed by atoms with van der Waals surface area (Å²) < 4.78 is 41.5. The van der Waals surface area contributed by atoms with Crippen molar-refractivity contribution in [3.8, 4) is 0 Å². The smallest absolute Gasteiger partial charge is 0.380 e. The van der Waals surface area contributed by atoms with Gasteiger partial charge in [-0.05, 0) is 6.42 Å². The van der Waals surface area contributed by atoms with E-state index in [-0.39, 0.29) is 19.1 Å². The van der Waals surface area contributed by atoms with E-state index in [9.17, 15) is 13.2 Å². The van der Waals surface area contributed by atoms with Crippen molar-refractivity contribution in [3.63, 3.8) is 0 Å². The summed E-state index contributed by atoms with van der Waals surface area (Å²) >= 11 is 0. The third kappa shape index (κ3) is 3.81. The van der Waals surface area contributed by atoms with E-state index in [2.05, 4.69) is 0 Å². The fraction of sp³-hybridized carbons (Fsp3) is 1.00. The van der Waals surface area contributed by atoms with Gasteiger partial charge in [0.1, 0.15) is 0 Å². The fourth-order valence-corrected chi connectivity index (χ4v) is 1.60. The normalized spacial score (nSPS) is 23.4. The van der Waals surface area contributed by atoms with Gasteiger partial charge in [-0.2, -0.15) is 13.2 Å². The lowest BCUT2D eigenvalue weighted by molar-refractivity contribution is -0.150. The quantitative estimate of drug-likeness (QED) is 0.741. The largest absolute Gasteiger partial charge is 0.401 e. The highest BCUT2D eigenvalue weighted by Gasteiger charge is 2.34. The predicted octanol–water partition coefficient (Wildman–Crippen LogP) is 0.598. The first kappa shape index (κ1) is 11.7. The van der Waals surface area contributed by atoms with Gasteiger partial charge in [0, 0.05) is 25.7 Å². The first-order chi connectivity index (χ1) is 6.53. The van der Waals surface area contributed by atoms with Crippen LogP contribution < -0.4 is 5.73 Å². The zero-order chi connectivity index (χ0) is 10.6. The molecule has 1 heterocycles. The first-order valence-corrected chi connectivity index (χ1v) is 4.61. The molecule has 0 aromatic heterocycles. The van der Waals surface area contributed by atoms with Crippen molar-refractivity contribution in [2.75, 3.05) is 32.8 Å². The van der Waals surface area contributed by atoms with Crippen LogP contribution in [0.2, 0.25) is 0 Å². The molecule has 0 bridgehead atoms. The van der Waals surface area contributed by atoms with Crippen molar-refractivity contribution in [2.24, 2.45) is 5.73 Å². The molecule has 84 valence electrons. The molecule has 1 aliphatic rings. The predicted molar refractivity (Wildman–Crippen MR) is 45.9 cm³/mol.